The number of allylic oxidation sites excluding steroid dienone is 1. The van der Waals surface area contributed by atoms with Crippen molar-refractivity contribution < 1.29 is 4.74 Å². The van der Waals surface area contributed by atoms with E-state index in [4.69, 9.17) is 0 Å². The van der Waals surface area contributed by atoms with Gasteiger partial charge in [-0.3, -0.25) is 0 Å². The lowest BCUT2D eigenvalue weighted by atomic mass is 10.7. The van der Waals surface area contributed by atoms with E-state index in [2.05, 4.69) is 4.74 Å². The lowest BCUT2D eigenvalue weighted by molar-refractivity contribution is 0.337. The van der Waals surface area contributed by atoms with Crippen molar-refractivity contribution in [2.75, 3.05) is 7.11 Å². The third kappa shape index (κ3) is 3.54. The third-order valence-electron chi connectivity index (χ3n) is 0.272. The molecule has 0 rings (SSSR count). The molecule has 0 radical (unpaired) electrons. The van der Waals surface area contributed by atoms with Gasteiger partial charge in [-0.2, -0.15) is 0 Å². The third-order valence-corrected chi connectivity index (χ3v) is 0.272. The summed E-state index contributed by atoms with van der Waals surface area (Å²) in [6, 6.07) is 0. The Bertz CT molecular complexity index is 30.6. The normalized spacial score (nSPS) is 9.20. The minimum Gasteiger partial charge on any atom is -0.505 e. The first-order valence-corrected chi connectivity index (χ1v) is 1.55. The van der Waals surface area contributed by atoms with Crippen molar-refractivity contribution in [1.82, 2.24) is 0 Å². The summed E-state index contributed by atoms with van der Waals surface area (Å²) >= 11 is 0. The molecule has 0 aliphatic carbocycles. The van der Waals surface area contributed by atoms with Gasteiger partial charge in [0.05, 0.1) is 13.4 Å². The van der Waals surface area contributed by atoms with Gasteiger partial charge in [0.1, 0.15) is 0 Å². The highest BCUT2D eigenvalue weighted by Gasteiger charge is 1.47. The van der Waals surface area contributed by atoms with Crippen LogP contribution < -0.4 is 0 Å². The van der Waals surface area contributed by atoms with Crippen LogP contribution in [0.25, 0.3) is 0 Å². The Balaban J connectivity index is 2.62. The van der Waals surface area contributed by atoms with E-state index in [0.717, 1.165) is 0 Å². The van der Waals surface area contributed by atoms with E-state index in [1.54, 1.807) is 13.4 Å². The summed E-state index contributed by atoms with van der Waals surface area (Å²) in [6.45, 7) is 1.91. The zero-order chi connectivity index (χ0) is 4.12. The average molecular weight is 72.1 g/mol. The highest BCUT2D eigenvalue weighted by Crippen LogP contribution is 1.64. The Labute approximate surface area is 32.3 Å². The van der Waals surface area contributed by atoms with Gasteiger partial charge in [0.25, 0.3) is 0 Å². The number of rotatable bonds is 1. The molecule has 0 aromatic carbocycles. The molecule has 1 nitrogen and oxygen atoms in total. The van der Waals surface area contributed by atoms with Crippen molar-refractivity contribution in [1.29, 1.82) is 0 Å². The fourth-order valence-electron chi connectivity index (χ4n) is 0.136. The van der Waals surface area contributed by atoms with Crippen molar-refractivity contribution in [2.24, 2.45) is 0 Å². The molecule has 0 aromatic heterocycles. The molecule has 0 fully saturated rings. The molecule has 0 heterocycles. The zero-order valence-corrected chi connectivity index (χ0v) is 3.56. The second-order valence-corrected chi connectivity index (χ2v) is 0.705. The highest BCUT2D eigenvalue weighted by molar-refractivity contribution is 4.63. The lowest BCUT2D eigenvalue weighted by Crippen LogP contribution is -1.57. The van der Waals surface area contributed by atoms with Crippen LogP contribution in [0.4, 0.5) is 0 Å². The minimum absolute atomic E-state index is 1.62. The van der Waals surface area contributed by atoms with Gasteiger partial charge in [0, 0.05) is 0 Å². The second-order valence-electron chi connectivity index (χ2n) is 0.705. The van der Waals surface area contributed by atoms with E-state index < -0.39 is 0 Å². The summed E-state index contributed by atoms with van der Waals surface area (Å²) in [6.07, 6.45) is 3.46. The Kier molecular flexibility index (Phi) is 3.21. The minimum atomic E-state index is 1.62. The van der Waals surface area contributed by atoms with Gasteiger partial charge >= 0.3 is 0 Å². The molecule has 0 saturated carbocycles. The largest absolute Gasteiger partial charge is 0.505 e. The van der Waals surface area contributed by atoms with Crippen LogP contribution in [0.1, 0.15) is 6.92 Å². The summed E-state index contributed by atoms with van der Waals surface area (Å²) in [5.74, 6) is 0. The smallest absolute Gasteiger partial charge is 0.0781 e. The van der Waals surface area contributed by atoms with Gasteiger partial charge in [-0.15, -0.1) is 0 Å². The van der Waals surface area contributed by atoms with Gasteiger partial charge in [0.15, 0.2) is 0 Å². The quantitative estimate of drug-likeness (QED) is 0.422. The predicted octanol–water partition coefficient (Wildman–Crippen LogP) is 1.17. The first-order valence-electron chi connectivity index (χ1n) is 1.55. The summed E-state index contributed by atoms with van der Waals surface area (Å²) < 4.78 is 4.51. The molecule has 0 unspecified atom stereocenters. The molecule has 0 atom stereocenters. The topological polar surface area (TPSA) is 9.23 Å². The first kappa shape index (κ1) is 4.54. The molecule has 0 spiro atoms. The van der Waals surface area contributed by atoms with Crippen molar-refractivity contribution >= 4 is 0 Å². The maximum Gasteiger partial charge on any atom is 0.0781 e. The molecule has 0 aliphatic rings. The first-order chi connectivity index (χ1) is 2.41. The molecular formula is C4H8O. The molecule has 1 heteroatoms. The fraction of sp³-hybridized carbons (Fsp3) is 0.500. The van der Waals surface area contributed by atoms with E-state index in [1.165, 1.54) is 0 Å². The van der Waals surface area contributed by atoms with Gasteiger partial charge in [-0.1, -0.05) is 6.08 Å². The summed E-state index contributed by atoms with van der Waals surface area (Å²) in [4.78, 5) is 0. The van der Waals surface area contributed by atoms with Crippen molar-refractivity contribution in [3.8, 4) is 0 Å². The Morgan fingerprint density at radius 3 is 2.20 bits per heavy atom. The van der Waals surface area contributed by atoms with Crippen LogP contribution in [0.15, 0.2) is 12.3 Å². The summed E-state index contributed by atoms with van der Waals surface area (Å²) in [7, 11) is 1.62. The standard InChI is InChI=1S/C4H8O/c1-3-4-5-2/h3-4H,1-2H3. The fourth-order valence-corrected chi connectivity index (χ4v) is 0.136. The van der Waals surface area contributed by atoms with Crippen LogP contribution in [-0.2, 0) is 4.74 Å². The van der Waals surface area contributed by atoms with Crippen molar-refractivity contribution in [2.45, 2.75) is 6.92 Å². The maximum absolute atomic E-state index is 4.51. The van der Waals surface area contributed by atoms with Crippen LogP contribution in [0.5, 0.6) is 0 Å². The molecule has 0 aromatic rings. The van der Waals surface area contributed by atoms with Gasteiger partial charge in [-0.25, -0.2) is 0 Å². The van der Waals surface area contributed by atoms with Gasteiger partial charge in [0.2, 0.25) is 0 Å². The monoisotopic (exact) mass is 72.1 g/mol. The van der Waals surface area contributed by atoms with Crippen LogP contribution >= 0.6 is 0 Å². The molecule has 0 N–H and O–H groups in total. The predicted molar refractivity (Wildman–Crippen MR) is 21.8 cm³/mol. The second kappa shape index (κ2) is 3.54. The molecule has 5 heavy (non-hydrogen) atoms. The Morgan fingerprint density at radius 1 is 1.60 bits per heavy atom. The van der Waals surface area contributed by atoms with Crippen LogP contribution in [0.2, 0.25) is 0 Å². The van der Waals surface area contributed by atoms with Gasteiger partial charge < -0.3 is 4.74 Å². The van der Waals surface area contributed by atoms with Crippen LogP contribution in [0, 0.1) is 0 Å². The van der Waals surface area contributed by atoms with Crippen molar-refractivity contribution in [3.63, 3.8) is 0 Å². The number of ether oxygens (including phenoxy) is 1. The number of hydrogen-bond acceptors (Lipinski definition) is 1. The maximum atomic E-state index is 4.51. The summed E-state index contributed by atoms with van der Waals surface area (Å²) in [5, 5.41) is 0. The summed E-state index contributed by atoms with van der Waals surface area (Å²) in [5.41, 5.74) is 0. The molecular weight excluding hydrogens is 64.0 g/mol. The number of methoxy groups -OCH3 is 1. The van der Waals surface area contributed by atoms with Crippen LogP contribution in [0.3, 0.4) is 0 Å². The van der Waals surface area contributed by atoms with E-state index in [-0.39, 0.29) is 0 Å². The lowest BCUT2D eigenvalue weighted by Gasteiger charge is -1.76. The van der Waals surface area contributed by atoms with E-state index in [1.807, 2.05) is 13.0 Å². The van der Waals surface area contributed by atoms with Gasteiger partial charge in [-0.05, 0) is 6.92 Å². The molecule has 0 aliphatic heterocycles. The molecule has 0 bridgehead atoms. The van der Waals surface area contributed by atoms with E-state index >= 15 is 0 Å². The Hall–Kier alpha value is -0.460. The SMILES string of the molecule is CC=COC. The van der Waals surface area contributed by atoms with E-state index in [0.29, 0.717) is 0 Å². The van der Waals surface area contributed by atoms with Crippen LogP contribution in [-0.4, -0.2) is 7.11 Å². The molecule has 30 valence electrons. The Morgan fingerprint density at radius 2 is 2.20 bits per heavy atom. The zero-order valence-electron chi connectivity index (χ0n) is 3.56. The van der Waals surface area contributed by atoms with E-state index in [9.17, 15) is 0 Å². The average Bonchev–Trinajstić information content (AvgIpc) is 1.41. The van der Waals surface area contributed by atoms with Crippen molar-refractivity contribution in [3.05, 3.63) is 12.3 Å². The number of hydrogen-bond donors (Lipinski definition) is 0. The highest BCUT2D eigenvalue weighted by atomic mass is 16.5. The molecule has 0 amide bonds. The molecule has 0 saturated heterocycles.